The van der Waals surface area contributed by atoms with Crippen LogP contribution in [0.25, 0.3) is 5.69 Å². The summed E-state index contributed by atoms with van der Waals surface area (Å²) in [6.45, 7) is 8.28. The first kappa shape index (κ1) is 19.3. The van der Waals surface area contributed by atoms with E-state index < -0.39 is 0 Å². The molecule has 0 spiro atoms. The topological polar surface area (TPSA) is 80.0 Å². The summed E-state index contributed by atoms with van der Waals surface area (Å²) in [4.78, 5) is 27.3. The van der Waals surface area contributed by atoms with Crippen LogP contribution in [0.1, 0.15) is 27.7 Å². The van der Waals surface area contributed by atoms with Gasteiger partial charge in [0.15, 0.2) is 5.69 Å². The van der Waals surface area contributed by atoms with Gasteiger partial charge in [-0.3, -0.25) is 4.79 Å². The van der Waals surface area contributed by atoms with Crippen molar-refractivity contribution in [2.75, 3.05) is 31.1 Å². The van der Waals surface area contributed by atoms with Crippen LogP contribution in [0.4, 0.5) is 5.82 Å². The molecule has 1 aliphatic heterocycles. The molecule has 1 amide bonds. The molecule has 8 nitrogen and oxygen atoms in total. The number of halogens is 1. The van der Waals surface area contributed by atoms with Gasteiger partial charge in [0.25, 0.3) is 5.91 Å². The van der Waals surface area contributed by atoms with E-state index in [0.29, 0.717) is 42.6 Å². The fourth-order valence-corrected chi connectivity index (χ4v) is 3.62. The Morgan fingerprint density at radius 2 is 1.76 bits per heavy atom. The first-order valence-electron chi connectivity index (χ1n) is 9.47. The second-order valence-corrected chi connectivity index (χ2v) is 7.53. The summed E-state index contributed by atoms with van der Waals surface area (Å²) in [6.07, 6.45) is 0. The molecule has 2 aromatic heterocycles. The van der Waals surface area contributed by atoms with Gasteiger partial charge in [0.2, 0.25) is 0 Å². The number of amides is 1. The van der Waals surface area contributed by atoms with Crippen LogP contribution in [0.3, 0.4) is 0 Å². The van der Waals surface area contributed by atoms with Gasteiger partial charge in [-0.1, -0.05) is 17.7 Å². The van der Waals surface area contributed by atoms with Crippen molar-refractivity contribution in [3.63, 3.8) is 0 Å². The Morgan fingerprint density at radius 3 is 2.45 bits per heavy atom. The number of benzene rings is 1. The van der Waals surface area contributed by atoms with Crippen molar-refractivity contribution in [3.05, 3.63) is 58.3 Å². The molecule has 1 aromatic carbocycles. The van der Waals surface area contributed by atoms with Crippen LogP contribution in [-0.4, -0.2) is 61.9 Å². The zero-order chi connectivity index (χ0) is 20.5. The molecule has 0 saturated carbocycles. The van der Waals surface area contributed by atoms with E-state index in [0.717, 1.165) is 23.0 Å². The molecule has 3 heterocycles. The van der Waals surface area contributed by atoms with E-state index in [1.165, 1.54) is 4.80 Å². The lowest BCUT2D eigenvalue weighted by molar-refractivity contribution is 0.0739. The smallest absolute Gasteiger partial charge is 0.276 e. The zero-order valence-corrected chi connectivity index (χ0v) is 17.4. The predicted molar refractivity (Wildman–Crippen MR) is 111 cm³/mol. The number of rotatable bonds is 3. The molecule has 0 radical (unpaired) electrons. The Morgan fingerprint density at radius 1 is 1.00 bits per heavy atom. The number of aryl methyl sites for hydroxylation is 3. The summed E-state index contributed by atoms with van der Waals surface area (Å²) >= 11 is 6.05. The maximum Gasteiger partial charge on any atom is 0.276 e. The van der Waals surface area contributed by atoms with E-state index in [4.69, 9.17) is 11.6 Å². The van der Waals surface area contributed by atoms with E-state index >= 15 is 0 Å². The second-order valence-electron chi connectivity index (χ2n) is 7.10. The molecule has 0 N–H and O–H groups in total. The standard InChI is InChI=1S/C20H22ClN7O/c1-13-11-18(23-15(3)22-13)26-7-9-27(10-8-26)20(29)19-14(2)24-28(25-19)17-6-4-5-16(21)12-17/h4-6,11-12H,7-10H2,1-3H3. The minimum absolute atomic E-state index is 0.106. The lowest BCUT2D eigenvalue weighted by Gasteiger charge is -2.35. The van der Waals surface area contributed by atoms with Gasteiger partial charge in [0.1, 0.15) is 11.6 Å². The first-order chi connectivity index (χ1) is 13.9. The average Bonchev–Trinajstić information content (AvgIpc) is 3.08. The van der Waals surface area contributed by atoms with Gasteiger partial charge < -0.3 is 9.80 Å². The number of anilines is 1. The molecule has 150 valence electrons. The van der Waals surface area contributed by atoms with E-state index in [1.54, 1.807) is 19.1 Å². The van der Waals surface area contributed by atoms with Crippen molar-refractivity contribution in [2.45, 2.75) is 20.8 Å². The van der Waals surface area contributed by atoms with Crippen LogP contribution in [0.5, 0.6) is 0 Å². The monoisotopic (exact) mass is 411 g/mol. The normalized spacial score (nSPS) is 14.3. The van der Waals surface area contributed by atoms with Gasteiger partial charge in [0, 0.05) is 43.0 Å². The van der Waals surface area contributed by atoms with Gasteiger partial charge in [-0.05, 0) is 39.0 Å². The molecular weight excluding hydrogens is 390 g/mol. The SMILES string of the molecule is Cc1cc(N2CCN(C(=O)c3nn(-c4cccc(Cl)c4)nc3C)CC2)nc(C)n1. The zero-order valence-electron chi connectivity index (χ0n) is 16.6. The highest BCUT2D eigenvalue weighted by atomic mass is 35.5. The summed E-state index contributed by atoms with van der Waals surface area (Å²) in [7, 11) is 0. The molecule has 1 fully saturated rings. The summed E-state index contributed by atoms with van der Waals surface area (Å²) in [5, 5.41) is 9.40. The molecule has 0 unspecified atom stereocenters. The first-order valence-corrected chi connectivity index (χ1v) is 9.85. The van der Waals surface area contributed by atoms with Crippen LogP contribution < -0.4 is 4.90 Å². The highest BCUT2D eigenvalue weighted by Crippen LogP contribution is 2.18. The highest BCUT2D eigenvalue weighted by molar-refractivity contribution is 6.30. The van der Waals surface area contributed by atoms with Crippen molar-refractivity contribution >= 4 is 23.3 Å². The average molecular weight is 412 g/mol. The van der Waals surface area contributed by atoms with Gasteiger partial charge in [-0.2, -0.15) is 9.90 Å². The van der Waals surface area contributed by atoms with Crippen LogP contribution in [0, 0.1) is 20.8 Å². The number of carbonyl (C=O) groups excluding carboxylic acids is 1. The Balaban J connectivity index is 1.47. The highest BCUT2D eigenvalue weighted by Gasteiger charge is 2.27. The molecule has 0 aliphatic carbocycles. The molecule has 1 saturated heterocycles. The minimum Gasteiger partial charge on any atom is -0.353 e. The van der Waals surface area contributed by atoms with Gasteiger partial charge in [-0.25, -0.2) is 9.97 Å². The van der Waals surface area contributed by atoms with E-state index in [2.05, 4.69) is 25.1 Å². The van der Waals surface area contributed by atoms with Gasteiger partial charge >= 0.3 is 0 Å². The quantitative estimate of drug-likeness (QED) is 0.659. The summed E-state index contributed by atoms with van der Waals surface area (Å²) in [6, 6.07) is 9.20. The third-order valence-corrected chi connectivity index (χ3v) is 5.10. The second kappa shape index (κ2) is 7.79. The van der Waals surface area contributed by atoms with E-state index in [9.17, 15) is 4.79 Å². The third kappa shape index (κ3) is 4.07. The Bertz CT molecular complexity index is 1040. The Labute approximate surface area is 174 Å². The molecule has 1 aliphatic rings. The largest absolute Gasteiger partial charge is 0.353 e. The minimum atomic E-state index is -0.106. The van der Waals surface area contributed by atoms with E-state index in [-0.39, 0.29) is 5.91 Å². The molecule has 29 heavy (non-hydrogen) atoms. The van der Waals surface area contributed by atoms with Crippen LogP contribution in [0.2, 0.25) is 5.02 Å². The number of nitrogens with zero attached hydrogens (tertiary/aromatic N) is 7. The maximum atomic E-state index is 13.0. The molecule has 3 aromatic rings. The van der Waals surface area contributed by atoms with Crippen molar-refractivity contribution in [3.8, 4) is 5.69 Å². The Kier molecular flexibility index (Phi) is 5.19. The van der Waals surface area contributed by atoms with Crippen molar-refractivity contribution in [1.29, 1.82) is 0 Å². The predicted octanol–water partition coefficient (Wildman–Crippen LogP) is 2.60. The Hall–Kier alpha value is -3.00. The number of carbonyl (C=O) groups is 1. The number of piperazine rings is 1. The molecule has 4 rings (SSSR count). The van der Waals surface area contributed by atoms with Crippen molar-refractivity contribution in [2.24, 2.45) is 0 Å². The van der Waals surface area contributed by atoms with Gasteiger partial charge in [0.05, 0.1) is 11.4 Å². The molecule has 0 bridgehead atoms. The molecule has 9 heteroatoms. The number of aromatic nitrogens is 5. The summed E-state index contributed by atoms with van der Waals surface area (Å²) < 4.78 is 0. The molecule has 0 atom stereocenters. The lowest BCUT2D eigenvalue weighted by atomic mass is 10.2. The van der Waals surface area contributed by atoms with Crippen molar-refractivity contribution in [1.82, 2.24) is 29.9 Å². The van der Waals surface area contributed by atoms with E-state index in [1.807, 2.05) is 36.9 Å². The summed E-state index contributed by atoms with van der Waals surface area (Å²) in [5.41, 5.74) is 2.63. The number of hydrogen-bond acceptors (Lipinski definition) is 6. The van der Waals surface area contributed by atoms with Crippen molar-refractivity contribution < 1.29 is 4.79 Å². The van der Waals surface area contributed by atoms with Crippen LogP contribution in [-0.2, 0) is 0 Å². The fourth-order valence-electron chi connectivity index (χ4n) is 3.44. The van der Waals surface area contributed by atoms with Crippen LogP contribution in [0.15, 0.2) is 30.3 Å². The fraction of sp³-hybridized carbons (Fsp3) is 0.350. The van der Waals surface area contributed by atoms with Gasteiger partial charge in [-0.15, -0.1) is 5.10 Å². The summed E-state index contributed by atoms with van der Waals surface area (Å²) in [5.74, 6) is 1.56. The van der Waals surface area contributed by atoms with Crippen LogP contribution >= 0.6 is 11.6 Å². The molecular formula is C20H22ClN7O. The number of hydrogen-bond donors (Lipinski definition) is 0. The third-order valence-electron chi connectivity index (χ3n) is 4.87. The lowest BCUT2D eigenvalue weighted by Crippen LogP contribution is -2.49. The maximum absolute atomic E-state index is 13.0.